The van der Waals surface area contributed by atoms with Crippen molar-refractivity contribution in [2.24, 2.45) is 0 Å². The van der Waals surface area contributed by atoms with E-state index < -0.39 is 6.10 Å². The standard InChI is InChI=1S/C21H36N2O2/c1-15(2)16-7-9-19(10-8-16)25-14-18(24)13-22-17-11-20(3,4)23-21(5,6)12-17/h7-10,15,17-18,22-24H,11-14H2,1-6H3/p+2/t18-/m0/s1. The summed E-state index contributed by atoms with van der Waals surface area (Å²) in [6.07, 6.45) is 1.89. The van der Waals surface area contributed by atoms with Gasteiger partial charge in [0.2, 0.25) is 0 Å². The van der Waals surface area contributed by atoms with Gasteiger partial charge in [0, 0.05) is 0 Å². The van der Waals surface area contributed by atoms with Crippen molar-refractivity contribution in [3.05, 3.63) is 29.8 Å². The number of hydrogen-bond acceptors (Lipinski definition) is 2. The van der Waals surface area contributed by atoms with Crippen molar-refractivity contribution in [1.82, 2.24) is 0 Å². The SMILES string of the molecule is CC(C)c1ccc(OC[C@@H](O)C[NH2+]C2CC(C)(C)[NH2+]C(C)(C)C2)cc1. The van der Waals surface area contributed by atoms with Gasteiger partial charge in [0.05, 0.1) is 30.0 Å². The van der Waals surface area contributed by atoms with E-state index in [1.165, 1.54) is 18.4 Å². The van der Waals surface area contributed by atoms with Gasteiger partial charge in [0.15, 0.2) is 0 Å². The molecule has 0 unspecified atom stereocenters. The number of hydrogen-bond donors (Lipinski definition) is 3. The van der Waals surface area contributed by atoms with Crippen molar-refractivity contribution in [2.45, 2.75) is 83.5 Å². The third-order valence-electron chi connectivity index (χ3n) is 5.09. The minimum Gasteiger partial charge on any atom is -0.491 e. The first-order chi connectivity index (χ1) is 11.6. The summed E-state index contributed by atoms with van der Waals surface area (Å²) in [6, 6.07) is 8.75. The molecule has 1 fully saturated rings. The van der Waals surface area contributed by atoms with Crippen molar-refractivity contribution in [1.29, 1.82) is 0 Å². The minimum atomic E-state index is -0.443. The molecular formula is C21H38N2O2+2. The molecule has 0 spiro atoms. The summed E-state index contributed by atoms with van der Waals surface area (Å²) in [7, 11) is 0. The van der Waals surface area contributed by atoms with E-state index in [2.05, 4.69) is 64.3 Å². The van der Waals surface area contributed by atoms with E-state index in [0.717, 1.165) is 5.75 Å². The predicted molar refractivity (Wildman–Crippen MR) is 102 cm³/mol. The van der Waals surface area contributed by atoms with E-state index in [4.69, 9.17) is 4.74 Å². The van der Waals surface area contributed by atoms with Crippen LogP contribution in [0, 0.1) is 0 Å². The Balaban J connectivity index is 1.76. The molecule has 0 bridgehead atoms. The Hall–Kier alpha value is -1.10. The zero-order valence-electron chi connectivity index (χ0n) is 16.9. The maximum Gasteiger partial charge on any atom is 0.137 e. The fourth-order valence-corrected chi connectivity index (χ4v) is 4.32. The average Bonchev–Trinajstić information content (AvgIpc) is 2.48. The monoisotopic (exact) mass is 350 g/mol. The molecule has 142 valence electrons. The Morgan fingerprint density at radius 2 is 1.68 bits per heavy atom. The van der Waals surface area contributed by atoms with Crippen LogP contribution in [0.25, 0.3) is 0 Å². The van der Waals surface area contributed by atoms with E-state index in [9.17, 15) is 5.11 Å². The maximum atomic E-state index is 10.3. The molecule has 0 aromatic heterocycles. The van der Waals surface area contributed by atoms with Crippen LogP contribution in [-0.4, -0.2) is 41.5 Å². The number of piperidine rings is 1. The van der Waals surface area contributed by atoms with E-state index in [-0.39, 0.29) is 11.1 Å². The molecule has 2 rings (SSSR count). The van der Waals surface area contributed by atoms with Gasteiger partial charge in [0.25, 0.3) is 0 Å². The second kappa shape index (κ2) is 8.07. The number of aliphatic hydroxyl groups excluding tert-OH is 1. The predicted octanol–water partition coefficient (Wildman–Crippen LogP) is 1.40. The van der Waals surface area contributed by atoms with Crippen LogP contribution in [0.1, 0.15) is 65.9 Å². The summed E-state index contributed by atoms with van der Waals surface area (Å²) in [4.78, 5) is 0. The number of nitrogens with two attached hydrogens (primary N) is 2. The summed E-state index contributed by atoms with van der Waals surface area (Å²) in [5.41, 5.74) is 1.84. The van der Waals surface area contributed by atoms with Crippen LogP contribution in [0.4, 0.5) is 0 Å². The van der Waals surface area contributed by atoms with Crippen LogP contribution in [-0.2, 0) is 0 Å². The van der Waals surface area contributed by atoms with E-state index in [1.54, 1.807) is 0 Å². The number of benzene rings is 1. The summed E-state index contributed by atoms with van der Waals surface area (Å²) in [6.45, 7) is 14.7. The van der Waals surface area contributed by atoms with Crippen LogP contribution < -0.4 is 15.4 Å². The Morgan fingerprint density at radius 1 is 1.12 bits per heavy atom. The normalized spacial score (nSPS) is 21.3. The summed E-state index contributed by atoms with van der Waals surface area (Å²) in [5.74, 6) is 1.36. The van der Waals surface area contributed by atoms with Crippen molar-refractivity contribution < 1.29 is 20.5 Å². The molecule has 0 saturated carbocycles. The first-order valence-electron chi connectivity index (χ1n) is 9.67. The highest BCUT2D eigenvalue weighted by molar-refractivity contribution is 5.28. The number of rotatable bonds is 7. The second-order valence-electron chi connectivity index (χ2n) is 9.45. The zero-order valence-corrected chi connectivity index (χ0v) is 16.9. The van der Waals surface area contributed by atoms with Crippen molar-refractivity contribution in [2.75, 3.05) is 13.2 Å². The van der Waals surface area contributed by atoms with Crippen LogP contribution in [0.15, 0.2) is 24.3 Å². The molecule has 0 amide bonds. The van der Waals surface area contributed by atoms with Crippen molar-refractivity contribution in [3.8, 4) is 5.75 Å². The summed E-state index contributed by atoms with van der Waals surface area (Å²) < 4.78 is 5.75. The third-order valence-corrected chi connectivity index (χ3v) is 5.09. The highest BCUT2D eigenvalue weighted by Gasteiger charge is 2.43. The lowest BCUT2D eigenvalue weighted by atomic mass is 9.79. The molecule has 1 aliphatic heterocycles. The van der Waals surface area contributed by atoms with Gasteiger partial charge in [-0.25, -0.2) is 0 Å². The van der Waals surface area contributed by atoms with E-state index in [0.29, 0.717) is 25.1 Å². The Kier molecular flexibility index (Phi) is 6.52. The van der Waals surface area contributed by atoms with Gasteiger partial charge in [-0.05, 0) is 51.3 Å². The molecule has 0 aliphatic carbocycles. The molecule has 5 N–H and O–H groups in total. The molecule has 1 saturated heterocycles. The smallest absolute Gasteiger partial charge is 0.137 e. The molecule has 4 nitrogen and oxygen atoms in total. The van der Waals surface area contributed by atoms with Crippen LogP contribution >= 0.6 is 0 Å². The molecular weight excluding hydrogens is 312 g/mol. The summed E-state index contributed by atoms with van der Waals surface area (Å²) >= 11 is 0. The molecule has 25 heavy (non-hydrogen) atoms. The van der Waals surface area contributed by atoms with Gasteiger partial charge >= 0.3 is 0 Å². The summed E-state index contributed by atoms with van der Waals surface area (Å²) in [5, 5.41) is 15.1. The fraction of sp³-hybridized carbons (Fsp3) is 0.714. The lowest BCUT2D eigenvalue weighted by Crippen LogP contribution is -3.09. The lowest BCUT2D eigenvalue weighted by Gasteiger charge is -2.41. The largest absolute Gasteiger partial charge is 0.491 e. The van der Waals surface area contributed by atoms with Crippen LogP contribution in [0.5, 0.6) is 5.75 Å². The Morgan fingerprint density at radius 3 is 2.20 bits per heavy atom. The average molecular weight is 351 g/mol. The maximum absolute atomic E-state index is 10.3. The van der Waals surface area contributed by atoms with Gasteiger partial charge in [-0.15, -0.1) is 0 Å². The highest BCUT2D eigenvalue weighted by Crippen LogP contribution is 2.20. The number of ether oxygens (including phenoxy) is 1. The second-order valence-corrected chi connectivity index (χ2v) is 9.45. The lowest BCUT2D eigenvalue weighted by molar-refractivity contribution is -0.814. The van der Waals surface area contributed by atoms with E-state index in [1.807, 2.05) is 12.1 Å². The number of quaternary nitrogens is 2. The van der Waals surface area contributed by atoms with Gasteiger partial charge in [-0.2, -0.15) is 0 Å². The molecule has 1 aromatic carbocycles. The molecule has 1 heterocycles. The number of aliphatic hydroxyl groups is 1. The quantitative estimate of drug-likeness (QED) is 0.696. The van der Waals surface area contributed by atoms with Gasteiger partial charge < -0.3 is 20.5 Å². The van der Waals surface area contributed by atoms with Gasteiger partial charge in [-0.3, -0.25) is 0 Å². The third kappa shape index (κ3) is 6.61. The van der Waals surface area contributed by atoms with Crippen molar-refractivity contribution >= 4 is 0 Å². The Bertz CT molecular complexity index is 521. The molecule has 1 aromatic rings. The van der Waals surface area contributed by atoms with Crippen molar-refractivity contribution in [3.63, 3.8) is 0 Å². The molecule has 0 radical (unpaired) electrons. The van der Waals surface area contributed by atoms with E-state index >= 15 is 0 Å². The molecule has 1 atom stereocenters. The first kappa shape index (κ1) is 20.2. The zero-order chi connectivity index (χ0) is 18.7. The molecule has 4 heteroatoms. The first-order valence-corrected chi connectivity index (χ1v) is 9.67. The van der Waals surface area contributed by atoms with Gasteiger partial charge in [-0.1, -0.05) is 26.0 Å². The highest BCUT2D eigenvalue weighted by atomic mass is 16.5. The Labute approximate surface area is 153 Å². The van der Waals surface area contributed by atoms with Gasteiger partial charge in [0.1, 0.15) is 25.0 Å². The van der Waals surface area contributed by atoms with Crippen LogP contribution in [0.3, 0.4) is 0 Å². The fourth-order valence-electron chi connectivity index (χ4n) is 4.32. The topological polar surface area (TPSA) is 62.7 Å². The molecule has 1 aliphatic rings. The van der Waals surface area contributed by atoms with Crippen LogP contribution in [0.2, 0.25) is 0 Å². The minimum absolute atomic E-state index is 0.266.